The summed E-state index contributed by atoms with van der Waals surface area (Å²) in [5, 5.41) is 20.7. The van der Waals surface area contributed by atoms with Crippen molar-refractivity contribution in [2.24, 2.45) is 0 Å². The van der Waals surface area contributed by atoms with Crippen LogP contribution in [0.2, 0.25) is 10.0 Å². The SMILES string of the molecule is CCOC(=O)[C@H](O)[C@@H](O)CCc1ccc(-c2cc(Cl)cc(Cl)c2)cc1. The van der Waals surface area contributed by atoms with Crippen molar-refractivity contribution in [2.75, 3.05) is 6.61 Å². The quantitative estimate of drug-likeness (QED) is 0.713. The molecule has 0 bridgehead atoms. The summed E-state index contributed by atoms with van der Waals surface area (Å²) in [4.78, 5) is 11.4. The van der Waals surface area contributed by atoms with E-state index in [-0.39, 0.29) is 13.0 Å². The van der Waals surface area contributed by atoms with E-state index in [0.29, 0.717) is 16.5 Å². The van der Waals surface area contributed by atoms with Crippen molar-refractivity contribution in [1.82, 2.24) is 0 Å². The molecule has 0 unspecified atom stereocenters. The van der Waals surface area contributed by atoms with E-state index in [1.54, 1.807) is 13.0 Å². The van der Waals surface area contributed by atoms with Crippen molar-refractivity contribution in [3.05, 3.63) is 58.1 Å². The van der Waals surface area contributed by atoms with Crippen LogP contribution < -0.4 is 0 Å². The molecule has 0 radical (unpaired) electrons. The third-order valence-corrected chi connectivity index (χ3v) is 4.21. The number of carbonyl (C=O) groups excluding carboxylic acids is 1. The molecule has 0 saturated carbocycles. The molecular weight excluding hydrogens is 363 g/mol. The van der Waals surface area contributed by atoms with Gasteiger partial charge in [-0.15, -0.1) is 0 Å². The summed E-state index contributed by atoms with van der Waals surface area (Å²) in [6, 6.07) is 13.1. The summed E-state index contributed by atoms with van der Waals surface area (Å²) >= 11 is 12.0. The fourth-order valence-electron chi connectivity index (χ4n) is 2.44. The van der Waals surface area contributed by atoms with Crippen molar-refractivity contribution in [2.45, 2.75) is 32.0 Å². The standard InChI is InChI=1S/C19H20Cl2O4/c1-2-25-19(24)18(23)17(22)8-5-12-3-6-13(7-4-12)14-9-15(20)11-16(21)10-14/h3-4,6-7,9-11,17-18,22-23H,2,5,8H2,1H3/t17-,18+/m0/s1. The Labute approximate surface area is 157 Å². The number of carbonyl (C=O) groups is 1. The fourth-order valence-corrected chi connectivity index (χ4v) is 2.97. The van der Waals surface area contributed by atoms with Gasteiger partial charge in [0.15, 0.2) is 6.10 Å². The molecule has 6 heteroatoms. The zero-order chi connectivity index (χ0) is 18.4. The molecule has 0 aromatic heterocycles. The Balaban J connectivity index is 1.97. The third-order valence-electron chi connectivity index (χ3n) is 3.77. The van der Waals surface area contributed by atoms with Gasteiger partial charge < -0.3 is 14.9 Å². The van der Waals surface area contributed by atoms with E-state index < -0.39 is 18.2 Å². The number of hydrogen-bond acceptors (Lipinski definition) is 4. The average Bonchev–Trinajstić information content (AvgIpc) is 2.58. The first-order valence-corrected chi connectivity index (χ1v) is 8.74. The Hall–Kier alpha value is -1.59. The van der Waals surface area contributed by atoms with Gasteiger partial charge in [-0.3, -0.25) is 0 Å². The summed E-state index contributed by atoms with van der Waals surface area (Å²) in [7, 11) is 0. The lowest BCUT2D eigenvalue weighted by molar-refractivity contribution is -0.159. The largest absolute Gasteiger partial charge is 0.464 e. The molecule has 2 N–H and O–H groups in total. The highest BCUT2D eigenvalue weighted by molar-refractivity contribution is 6.35. The predicted molar refractivity (Wildman–Crippen MR) is 98.9 cm³/mol. The summed E-state index contributed by atoms with van der Waals surface area (Å²) in [5.74, 6) is -0.803. The van der Waals surface area contributed by atoms with Crippen LogP contribution in [-0.4, -0.2) is 35.0 Å². The molecule has 0 amide bonds. The maximum Gasteiger partial charge on any atom is 0.337 e. The van der Waals surface area contributed by atoms with Gasteiger partial charge in [0.2, 0.25) is 0 Å². The smallest absolute Gasteiger partial charge is 0.337 e. The number of halogens is 2. The van der Waals surface area contributed by atoms with Crippen LogP contribution in [0.15, 0.2) is 42.5 Å². The van der Waals surface area contributed by atoms with Crippen LogP contribution in [0, 0.1) is 0 Å². The average molecular weight is 383 g/mol. The number of esters is 1. The van der Waals surface area contributed by atoms with E-state index >= 15 is 0 Å². The lowest BCUT2D eigenvalue weighted by atomic mass is 10.00. The van der Waals surface area contributed by atoms with Crippen molar-refractivity contribution in [3.8, 4) is 11.1 Å². The molecule has 25 heavy (non-hydrogen) atoms. The normalized spacial score (nSPS) is 13.3. The highest BCUT2D eigenvalue weighted by Gasteiger charge is 2.25. The second-order valence-electron chi connectivity index (χ2n) is 5.66. The number of rotatable bonds is 7. The molecule has 0 aliphatic heterocycles. The van der Waals surface area contributed by atoms with Crippen molar-refractivity contribution in [1.29, 1.82) is 0 Å². The maximum atomic E-state index is 11.4. The minimum Gasteiger partial charge on any atom is -0.464 e. The molecule has 0 fully saturated rings. The summed E-state index contributed by atoms with van der Waals surface area (Å²) in [6.07, 6.45) is -1.91. The Morgan fingerprint density at radius 3 is 2.20 bits per heavy atom. The first kappa shape index (κ1) is 19.7. The molecule has 0 heterocycles. The highest BCUT2D eigenvalue weighted by atomic mass is 35.5. The van der Waals surface area contributed by atoms with Crippen LogP contribution in [-0.2, 0) is 16.0 Å². The van der Waals surface area contributed by atoms with Crippen LogP contribution in [0.25, 0.3) is 11.1 Å². The zero-order valence-corrected chi connectivity index (χ0v) is 15.3. The van der Waals surface area contributed by atoms with E-state index in [2.05, 4.69) is 0 Å². The molecule has 0 saturated heterocycles. The maximum absolute atomic E-state index is 11.4. The van der Waals surface area contributed by atoms with Crippen molar-refractivity contribution >= 4 is 29.2 Å². The van der Waals surface area contributed by atoms with Gasteiger partial charge >= 0.3 is 5.97 Å². The van der Waals surface area contributed by atoms with Crippen molar-refractivity contribution in [3.63, 3.8) is 0 Å². The van der Waals surface area contributed by atoms with Crippen molar-refractivity contribution < 1.29 is 19.7 Å². The van der Waals surface area contributed by atoms with Gasteiger partial charge in [-0.25, -0.2) is 4.79 Å². The topological polar surface area (TPSA) is 66.8 Å². The van der Waals surface area contributed by atoms with Crippen LogP contribution in [0.5, 0.6) is 0 Å². The molecule has 2 aromatic carbocycles. The number of aryl methyl sites for hydroxylation is 1. The van der Waals surface area contributed by atoms with Crippen LogP contribution in [0.1, 0.15) is 18.9 Å². The summed E-state index contributed by atoms with van der Waals surface area (Å²) in [5.41, 5.74) is 2.87. The van der Waals surface area contributed by atoms with E-state index in [0.717, 1.165) is 16.7 Å². The molecule has 2 rings (SSSR count). The predicted octanol–water partition coefficient (Wildman–Crippen LogP) is 3.88. The van der Waals surface area contributed by atoms with E-state index in [4.69, 9.17) is 27.9 Å². The molecule has 2 atom stereocenters. The van der Waals surface area contributed by atoms with Crippen LogP contribution in [0.4, 0.5) is 0 Å². The minimum absolute atomic E-state index is 0.164. The number of aliphatic hydroxyl groups is 2. The second kappa shape index (κ2) is 9.20. The Morgan fingerprint density at radius 1 is 1.04 bits per heavy atom. The lowest BCUT2D eigenvalue weighted by Crippen LogP contribution is -2.35. The molecule has 0 aliphatic rings. The molecule has 0 aliphatic carbocycles. The van der Waals surface area contributed by atoms with Gasteiger partial charge in [0.25, 0.3) is 0 Å². The number of ether oxygens (including phenoxy) is 1. The Kier molecular flexibility index (Phi) is 7.26. The van der Waals surface area contributed by atoms with E-state index in [1.807, 2.05) is 36.4 Å². The molecule has 2 aromatic rings. The third kappa shape index (κ3) is 5.72. The highest BCUT2D eigenvalue weighted by Crippen LogP contribution is 2.27. The summed E-state index contributed by atoms with van der Waals surface area (Å²) < 4.78 is 4.69. The fraction of sp³-hybridized carbons (Fsp3) is 0.316. The number of hydrogen-bond donors (Lipinski definition) is 2. The lowest BCUT2D eigenvalue weighted by Gasteiger charge is -2.16. The minimum atomic E-state index is -1.52. The molecule has 4 nitrogen and oxygen atoms in total. The number of benzene rings is 2. The van der Waals surface area contributed by atoms with Gasteiger partial charge in [0, 0.05) is 10.0 Å². The Morgan fingerprint density at radius 2 is 1.64 bits per heavy atom. The first-order valence-electron chi connectivity index (χ1n) is 7.99. The van der Waals surface area contributed by atoms with Gasteiger partial charge in [-0.2, -0.15) is 0 Å². The van der Waals surface area contributed by atoms with Gasteiger partial charge in [-0.1, -0.05) is 47.5 Å². The zero-order valence-electron chi connectivity index (χ0n) is 13.8. The summed E-state index contributed by atoms with van der Waals surface area (Å²) in [6.45, 7) is 1.81. The van der Waals surface area contributed by atoms with Gasteiger partial charge in [0.1, 0.15) is 0 Å². The Bertz CT molecular complexity index is 696. The van der Waals surface area contributed by atoms with Gasteiger partial charge in [-0.05, 0) is 54.7 Å². The molecule has 134 valence electrons. The number of aliphatic hydroxyl groups excluding tert-OH is 2. The molecular formula is C19H20Cl2O4. The molecule has 0 spiro atoms. The van der Waals surface area contributed by atoms with E-state index in [9.17, 15) is 15.0 Å². The van der Waals surface area contributed by atoms with Gasteiger partial charge in [0.05, 0.1) is 12.7 Å². The second-order valence-corrected chi connectivity index (χ2v) is 6.53. The van der Waals surface area contributed by atoms with Crippen LogP contribution >= 0.6 is 23.2 Å². The first-order chi connectivity index (χ1) is 11.9. The van der Waals surface area contributed by atoms with E-state index in [1.165, 1.54) is 0 Å². The van der Waals surface area contributed by atoms with Crippen LogP contribution in [0.3, 0.4) is 0 Å². The monoisotopic (exact) mass is 382 g/mol.